The van der Waals surface area contributed by atoms with E-state index < -0.39 is 49.0 Å². The third-order valence-corrected chi connectivity index (χ3v) is 2.41. The summed E-state index contributed by atoms with van der Waals surface area (Å²) in [6, 6.07) is 0.590. The summed E-state index contributed by atoms with van der Waals surface area (Å²) >= 11 is 0. The van der Waals surface area contributed by atoms with E-state index in [0.29, 0.717) is 12.3 Å². The first-order chi connectivity index (χ1) is 9.55. The van der Waals surface area contributed by atoms with Gasteiger partial charge in [-0.05, 0) is 6.07 Å². The van der Waals surface area contributed by atoms with Crippen molar-refractivity contribution in [1.82, 2.24) is 4.98 Å². The largest absolute Gasteiger partial charge is 0.416 e. The summed E-state index contributed by atoms with van der Waals surface area (Å²) < 4.78 is 90.7. The predicted molar refractivity (Wildman–Crippen MR) is 56.0 cm³/mol. The summed E-state index contributed by atoms with van der Waals surface area (Å²) in [7, 11) is 0. The van der Waals surface area contributed by atoms with Crippen LogP contribution in [0.2, 0.25) is 0 Å². The minimum Gasteiger partial charge on any atom is -0.386 e. The summed E-state index contributed by atoms with van der Waals surface area (Å²) in [5, 5.41) is 9.50. The summed E-state index contributed by atoms with van der Waals surface area (Å²) in [5.74, 6) is -4.44. The summed E-state index contributed by atoms with van der Waals surface area (Å²) in [6.07, 6.45) is -9.15. The Morgan fingerprint density at radius 2 is 1.81 bits per heavy atom. The second kappa shape index (κ2) is 6.56. The topological polar surface area (TPSA) is 42.4 Å². The minimum absolute atomic E-state index is 0.590. The van der Waals surface area contributed by atoms with E-state index in [4.69, 9.17) is 0 Å². The van der Waals surface area contributed by atoms with Crippen LogP contribution >= 0.6 is 0 Å². The molecule has 1 atom stereocenters. The second-order valence-electron chi connectivity index (χ2n) is 4.05. The number of aliphatic hydroxyl groups is 1. The fourth-order valence-electron chi connectivity index (χ4n) is 1.39. The molecule has 0 saturated heterocycles. The highest BCUT2D eigenvalue weighted by atomic mass is 19.4. The first-order valence-corrected chi connectivity index (χ1v) is 5.48. The van der Waals surface area contributed by atoms with E-state index >= 15 is 0 Å². The highest BCUT2D eigenvalue weighted by Crippen LogP contribution is 2.34. The van der Waals surface area contributed by atoms with Gasteiger partial charge in [0.2, 0.25) is 0 Å². The van der Waals surface area contributed by atoms with Gasteiger partial charge in [0.05, 0.1) is 12.2 Å². The predicted octanol–water partition coefficient (Wildman–Crippen LogP) is 3.05. The lowest BCUT2D eigenvalue weighted by atomic mass is 10.1. The number of nitrogens with zero attached hydrogens (tertiary/aromatic N) is 1. The van der Waals surface area contributed by atoms with Crippen molar-refractivity contribution in [3.63, 3.8) is 0 Å². The first-order valence-electron chi connectivity index (χ1n) is 5.48. The van der Waals surface area contributed by atoms with Crippen molar-refractivity contribution in [3.05, 3.63) is 29.6 Å². The molecule has 3 nitrogen and oxygen atoms in total. The number of aliphatic hydroxyl groups excluding tert-OH is 1. The number of ether oxygens (including phenoxy) is 1. The second-order valence-corrected chi connectivity index (χ2v) is 4.05. The van der Waals surface area contributed by atoms with Crippen LogP contribution in [0.3, 0.4) is 0 Å². The lowest BCUT2D eigenvalue weighted by Crippen LogP contribution is -2.33. The zero-order valence-electron chi connectivity index (χ0n) is 10.2. The maximum absolute atomic E-state index is 12.6. The van der Waals surface area contributed by atoms with Gasteiger partial charge in [0.25, 0.3) is 0 Å². The van der Waals surface area contributed by atoms with E-state index in [1.807, 2.05) is 0 Å². The molecule has 1 unspecified atom stereocenters. The number of halogens is 7. The fourth-order valence-corrected chi connectivity index (χ4v) is 1.39. The van der Waals surface area contributed by atoms with Gasteiger partial charge in [-0.15, -0.1) is 0 Å². The van der Waals surface area contributed by atoms with Crippen molar-refractivity contribution in [3.8, 4) is 0 Å². The maximum Gasteiger partial charge on any atom is 0.416 e. The van der Waals surface area contributed by atoms with Gasteiger partial charge in [-0.3, -0.25) is 4.98 Å². The van der Waals surface area contributed by atoms with Gasteiger partial charge in [-0.2, -0.15) is 22.0 Å². The Morgan fingerprint density at radius 1 is 1.19 bits per heavy atom. The van der Waals surface area contributed by atoms with Crippen LogP contribution in [0.25, 0.3) is 0 Å². The third kappa shape index (κ3) is 4.81. The van der Waals surface area contributed by atoms with Gasteiger partial charge in [-0.1, -0.05) is 0 Å². The molecule has 0 bridgehead atoms. The molecule has 0 saturated carbocycles. The smallest absolute Gasteiger partial charge is 0.386 e. The monoisotopic (exact) mass is 321 g/mol. The molecule has 0 fully saturated rings. The van der Waals surface area contributed by atoms with Gasteiger partial charge in [0.15, 0.2) is 0 Å². The van der Waals surface area contributed by atoms with Crippen LogP contribution in [0, 0.1) is 0 Å². The molecule has 0 aliphatic carbocycles. The lowest BCUT2D eigenvalue weighted by molar-refractivity contribution is -0.171. The molecule has 21 heavy (non-hydrogen) atoms. The number of pyridine rings is 1. The maximum atomic E-state index is 12.6. The van der Waals surface area contributed by atoms with E-state index in [1.165, 1.54) is 0 Å². The molecule has 0 aliphatic heterocycles. The van der Waals surface area contributed by atoms with Crippen LogP contribution in [-0.4, -0.2) is 35.7 Å². The Balaban J connectivity index is 2.71. The molecule has 1 N–H and O–H groups in total. The highest BCUT2D eigenvalue weighted by molar-refractivity contribution is 5.28. The van der Waals surface area contributed by atoms with Gasteiger partial charge in [0.1, 0.15) is 12.7 Å². The molecule has 1 heterocycles. The molecular formula is C11H10F7NO2. The molecule has 0 radical (unpaired) electrons. The van der Waals surface area contributed by atoms with Crippen molar-refractivity contribution in [2.75, 3.05) is 13.2 Å². The molecule has 0 aromatic carbocycles. The SMILES string of the molecule is OC(COCC(F)(F)C(F)F)c1cnccc1C(F)(F)F. The minimum atomic E-state index is -4.79. The van der Waals surface area contributed by atoms with Gasteiger partial charge < -0.3 is 9.84 Å². The molecule has 1 aromatic rings. The van der Waals surface area contributed by atoms with Crippen LogP contribution in [0.5, 0.6) is 0 Å². The van der Waals surface area contributed by atoms with E-state index in [0.717, 1.165) is 6.20 Å². The highest BCUT2D eigenvalue weighted by Gasteiger charge is 2.41. The van der Waals surface area contributed by atoms with Crippen molar-refractivity contribution in [1.29, 1.82) is 0 Å². The Labute approximate surface area is 114 Å². The summed E-state index contributed by atoms with van der Waals surface area (Å²) in [6.45, 7) is -2.72. The quantitative estimate of drug-likeness (QED) is 0.819. The zero-order valence-corrected chi connectivity index (χ0v) is 10.2. The summed E-state index contributed by atoms with van der Waals surface area (Å²) in [5.41, 5.74) is -1.90. The Hall–Kier alpha value is -1.42. The third-order valence-electron chi connectivity index (χ3n) is 2.41. The fraction of sp³-hybridized carbons (Fsp3) is 0.545. The van der Waals surface area contributed by atoms with Gasteiger partial charge >= 0.3 is 18.5 Å². The molecule has 0 aliphatic rings. The molecule has 1 aromatic heterocycles. The zero-order chi connectivity index (χ0) is 16.3. The van der Waals surface area contributed by atoms with Gasteiger partial charge in [0, 0.05) is 18.0 Å². The van der Waals surface area contributed by atoms with Crippen molar-refractivity contribution >= 4 is 0 Å². The van der Waals surface area contributed by atoms with Crippen LogP contribution < -0.4 is 0 Å². The molecular weight excluding hydrogens is 311 g/mol. The first kappa shape index (κ1) is 17.6. The van der Waals surface area contributed by atoms with Crippen molar-refractivity contribution in [2.45, 2.75) is 24.6 Å². The molecule has 0 spiro atoms. The number of hydrogen-bond donors (Lipinski definition) is 1. The Kier molecular flexibility index (Phi) is 5.51. The van der Waals surface area contributed by atoms with E-state index in [9.17, 15) is 35.8 Å². The Bertz CT molecular complexity index is 464. The van der Waals surface area contributed by atoms with E-state index in [-0.39, 0.29) is 0 Å². The number of hydrogen-bond acceptors (Lipinski definition) is 3. The van der Waals surface area contributed by atoms with Crippen LogP contribution in [0.1, 0.15) is 17.2 Å². The average molecular weight is 321 g/mol. The van der Waals surface area contributed by atoms with E-state index in [2.05, 4.69) is 9.72 Å². The Morgan fingerprint density at radius 3 is 2.33 bits per heavy atom. The van der Waals surface area contributed by atoms with Crippen LogP contribution in [0.4, 0.5) is 30.7 Å². The molecule has 0 amide bonds. The lowest BCUT2D eigenvalue weighted by Gasteiger charge is -2.19. The molecule has 10 heteroatoms. The van der Waals surface area contributed by atoms with Crippen molar-refractivity contribution in [2.24, 2.45) is 0 Å². The van der Waals surface area contributed by atoms with Crippen LogP contribution in [-0.2, 0) is 10.9 Å². The number of rotatable bonds is 6. The van der Waals surface area contributed by atoms with E-state index in [1.54, 1.807) is 0 Å². The molecule has 1 rings (SSSR count). The van der Waals surface area contributed by atoms with Gasteiger partial charge in [-0.25, -0.2) is 8.78 Å². The van der Waals surface area contributed by atoms with Crippen molar-refractivity contribution < 1.29 is 40.6 Å². The standard InChI is InChI=1S/C11H10F7NO2/c12-9(13)10(14,15)5-21-4-8(20)6-3-19-2-1-7(6)11(16,17)18/h1-3,8-9,20H,4-5H2. The summed E-state index contributed by atoms with van der Waals surface area (Å²) in [4.78, 5) is 3.38. The number of aromatic nitrogens is 1. The average Bonchev–Trinajstić information content (AvgIpc) is 2.37. The molecule has 120 valence electrons. The normalized spacial score (nSPS) is 14.5. The number of alkyl halides is 7. The van der Waals surface area contributed by atoms with Crippen LogP contribution in [0.15, 0.2) is 18.5 Å².